The number of carbonyl (C=O) groups is 2. The standard InChI is InChI=1S/C23H21ClN4O3/c1-3-21(29)27-9-14(10-27)11-28-19-7-17(24)15(6-20(19)31-12-22(28)30)23-13(2)4-5-18-16(23)8-25-26-18/h3-8,14H,1,9-12H2,2H3,(H,25,26). The Morgan fingerprint density at radius 2 is 2.19 bits per heavy atom. The summed E-state index contributed by atoms with van der Waals surface area (Å²) in [4.78, 5) is 27.7. The Kier molecular flexibility index (Phi) is 4.70. The molecule has 0 unspecified atom stereocenters. The lowest BCUT2D eigenvalue weighted by atomic mass is 9.95. The number of H-pyrrole nitrogens is 1. The zero-order valence-electron chi connectivity index (χ0n) is 17.0. The Hall–Kier alpha value is -3.32. The number of nitrogens with one attached hydrogen (secondary N) is 1. The summed E-state index contributed by atoms with van der Waals surface area (Å²) < 4.78 is 5.78. The molecule has 1 saturated heterocycles. The first-order valence-corrected chi connectivity index (χ1v) is 10.4. The van der Waals surface area contributed by atoms with Crippen molar-refractivity contribution in [2.24, 2.45) is 5.92 Å². The van der Waals surface area contributed by atoms with Crippen LogP contribution in [0.2, 0.25) is 5.02 Å². The van der Waals surface area contributed by atoms with Gasteiger partial charge in [-0.2, -0.15) is 5.10 Å². The summed E-state index contributed by atoms with van der Waals surface area (Å²) in [6.07, 6.45) is 3.10. The number of hydrogen-bond donors (Lipinski definition) is 1. The molecule has 3 aromatic rings. The second-order valence-corrected chi connectivity index (χ2v) is 8.40. The maximum atomic E-state index is 12.6. The molecular weight excluding hydrogens is 416 g/mol. The molecule has 0 radical (unpaired) electrons. The number of ether oxygens (including phenoxy) is 1. The predicted molar refractivity (Wildman–Crippen MR) is 119 cm³/mol. The number of benzene rings is 2. The topological polar surface area (TPSA) is 78.5 Å². The van der Waals surface area contributed by atoms with E-state index in [9.17, 15) is 9.59 Å². The third kappa shape index (κ3) is 3.25. The van der Waals surface area contributed by atoms with Crippen molar-refractivity contribution in [1.29, 1.82) is 0 Å². The van der Waals surface area contributed by atoms with Crippen molar-refractivity contribution in [3.05, 3.63) is 53.7 Å². The average Bonchev–Trinajstić information content (AvgIpc) is 3.20. The number of hydrogen-bond acceptors (Lipinski definition) is 4. The molecule has 0 bridgehead atoms. The van der Waals surface area contributed by atoms with Gasteiger partial charge in [0.05, 0.1) is 22.4 Å². The van der Waals surface area contributed by atoms with E-state index in [4.69, 9.17) is 16.3 Å². The summed E-state index contributed by atoms with van der Waals surface area (Å²) >= 11 is 6.73. The summed E-state index contributed by atoms with van der Waals surface area (Å²) in [5, 5.41) is 8.66. The predicted octanol–water partition coefficient (Wildman–Crippen LogP) is 3.56. The summed E-state index contributed by atoms with van der Waals surface area (Å²) in [5.41, 5.74) is 4.49. The molecule has 31 heavy (non-hydrogen) atoms. The number of aromatic amines is 1. The molecule has 2 aromatic carbocycles. The lowest BCUT2D eigenvalue weighted by Gasteiger charge is -2.42. The molecule has 0 saturated carbocycles. The van der Waals surface area contributed by atoms with Gasteiger partial charge in [0, 0.05) is 36.5 Å². The van der Waals surface area contributed by atoms with E-state index in [1.807, 2.05) is 25.1 Å². The van der Waals surface area contributed by atoms with E-state index in [0.29, 0.717) is 36.1 Å². The highest BCUT2D eigenvalue weighted by Gasteiger charge is 2.35. The Morgan fingerprint density at radius 1 is 1.39 bits per heavy atom. The second-order valence-electron chi connectivity index (χ2n) is 7.99. The van der Waals surface area contributed by atoms with Crippen LogP contribution < -0.4 is 9.64 Å². The number of halogens is 1. The molecule has 3 heterocycles. The molecule has 0 atom stereocenters. The van der Waals surface area contributed by atoms with E-state index in [-0.39, 0.29) is 24.3 Å². The van der Waals surface area contributed by atoms with Gasteiger partial charge in [-0.15, -0.1) is 0 Å². The van der Waals surface area contributed by atoms with Gasteiger partial charge in [0.2, 0.25) is 5.91 Å². The molecule has 1 aromatic heterocycles. The highest BCUT2D eigenvalue weighted by atomic mass is 35.5. The minimum Gasteiger partial charge on any atom is -0.482 e. The van der Waals surface area contributed by atoms with Crippen molar-refractivity contribution in [3.8, 4) is 16.9 Å². The van der Waals surface area contributed by atoms with Gasteiger partial charge in [-0.3, -0.25) is 14.7 Å². The van der Waals surface area contributed by atoms with E-state index in [0.717, 1.165) is 27.6 Å². The number of likely N-dealkylation sites (tertiary alicyclic amines) is 1. The van der Waals surface area contributed by atoms with Crippen LogP contribution in [0, 0.1) is 12.8 Å². The minimum atomic E-state index is -0.113. The molecule has 0 aliphatic carbocycles. The van der Waals surface area contributed by atoms with E-state index in [1.165, 1.54) is 6.08 Å². The molecule has 158 valence electrons. The molecule has 1 N–H and O–H groups in total. The Morgan fingerprint density at radius 3 is 2.97 bits per heavy atom. The summed E-state index contributed by atoms with van der Waals surface area (Å²) in [6, 6.07) is 7.71. The molecule has 2 aliphatic rings. The maximum absolute atomic E-state index is 12.6. The number of carbonyl (C=O) groups excluding carboxylic acids is 2. The van der Waals surface area contributed by atoms with E-state index in [2.05, 4.69) is 16.8 Å². The molecule has 7 nitrogen and oxygen atoms in total. The smallest absolute Gasteiger partial charge is 0.265 e. The number of rotatable bonds is 4. The number of aryl methyl sites for hydroxylation is 1. The number of nitrogens with zero attached hydrogens (tertiary/aromatic N) is 3. The van der Waals surface area contributed by atoms with Crippen molar-refractivity contribution in [2.75, 3.05) is 31.1 Å². The van der Waals surface area contributed by atoms with Crippen LogP contribution in [0.1, 0.15) is 5.56 Å². The van der Waals surface area contributed by atoms with Gasteiger partial charge in [-0.1, -0.05) is 24.2 Å². The van der Waals surface area contributed by atoms with Gasteiger partial charge >= 0.3 is 0 Å². The highest BCUT2D eigenvalue weighted by molar-refractivity contribution is 6.34. The van der Waals surface area contributed by atoms with E-state index in [1.54, 1.807) is 22.1 Å². The highest BCUT2D eigenvalue weighted by Crippen LogP contribution is 2.43. The zero-order valence-corrected chi connectivity index (χ0v) is 17.8. The van der Waals surface area contributed by atoms with Crippen LogP contribution in [0.25, 0.3) is 22.0 Å². The fourth-order valence-corrected chi connectivity index (χ4v) is 4.60. The Labute approximate surface area is 184 Å². The monoisotopic (exact) mass is 436 g/mol. The first-order chi connectivity index (χ1) is 15.0. The van der Waals surface area contributed by atoms with Gasteiger partial charge < -0.3 is 14.5 Å². The maximum Gasteiger partial charge on any atom is 0.265 e. The van der Waals surface area contributed by atoms with Crippen LogP contribution >= 0.6 is 11.6 Å². The fraction of sp³-hybridized carbons (Fsp3) is 0.261. The van der Waals surface area contributed by atoms with Gasteiger partial charge in [-0.25, -0.2) is 0 Å². The first kappa shape index (κ1) is 19.6. The van der Waals surface area contributed by atoms with Crippen LogP contribution in [0.5, 0.6) is 5.75 Å². The second kappa shape index (κ2) is 7.42. The van der Waals surface area contributed by atoms with Gasteiger partial charge in [0.15, 0.2) is 6.61 Å². The zero-order chi connectivity index (χ0) is 21.7. The molecule has 8 heteroatoms. The van der Waals surface area contributed by atoms with Crippen molar-refractivity contribution >= 4 is 40.0 Å². The van der Waals surface area contributed by atoms with Crippen molar-refractivity contribution in [3.63, 3.8) is 0 Å². The number of anilines is 1. The summed E-state index contributed by atoms with van der Waals surface area (Å²) in [6.45, 7) is 7.26. The molecule has 2 amide bonds. The number of fused-ring (bicyclic) bond motifs is 2. The molecule has 5 rings (SSSR count). The summed E-state index contributed by atoms with van der Waals surface area (Å²) in [7, 11) is 0. The van der Waals surface area contributed by atoms with Gasteiger partial charge in [-0.05, 0) is 42.3 Å². The van der Waals surface area contributed by atoms with E-state index < -0.39 is 0 Å². The molecule has 1 fully saturated rings. The normalized spacial score (nSPS) is 16.1. The number of amides is 2. The lowest BCUT2D eigenvalue weighted by molar-refractivity contribution is -0.131. The third-order valence-electron chi connectivity index (χ3n) is 5.98. The summed E-state index contributed by atoms with van der Waals surface area (Å²) in [5.74, 6) is 0.635. The molecule has 2 aliphatic heterocycles. The van der Waals surface area contributed by atoms with Gasteiger partial charge in [0.25, 0.3) is 5.91 Å². The Bertz CT molecular complexity index is 1230. The van der Waals surface area contributed by atoms with Crippen LogP contribution in [-0.2, 0) is 9.59 Å². The van der Waals surface area contributed by atoms with Crippen LogP contribution in [0.3, 0.4) is 0 Å². The van der Waals surface area contributed by atoms with Crippen LogP contribution in [0.15, 0.2) is 43.1 Å². The quantitative estimate of drug-likeness (QED) is 0.634. The third-order valence-corrected chi connectivity index (χ3v) is 6.29. The van der Waals surface area contributed by atoms with E-state index >= 15 is 0 Å². The van der Waals surface area contributed by atoms with Crippen LogP contribution in [0.4, 0.5) is 5.69 Å². The van der Waals surface area contributed by atoms with Crippen LogP contribution in [-0.4, -0.2) is 53.2 Å². The average molecular weight is 437 g/mol. The van der Waals surface area contributed by atoms with Crippen molar-refractivity contribution in [1.82, 2.24) is 15.1 Å². The number of aromatic nitrogens is 2. The fourth-order valence-electron chi connectivity index (χ4n) is 4.35. The molecule has 0 spiro atoms. The lowest BCUT2D eigenvalue weighted by Crippen LogP contribution is -2.55. The SMILES string of the molecule is C=CC(=O)N1CC(CN2C(=O)COc3cc(-c4c(C)ccc5[nH]ncc45)c(Cl)cc32)C1. The van der Waals surface area contributed by atoms with Crippen molar-refractivity contribution < 1.29 is 14.3 Å². The largest absolute Gasteiger partial charge is 0.482 e. The first-order valence-electron chi connectivity index (χ1n) is 10.1. The minimum absolute atomic E-state index is 0.0228. The molecular formula is C23H21ClN4O3. The van der Waals surface area contributed by atoms with Crippen molar-refractivity contribution in [2.45, 2.75) is 6.92 Å². The Balaban J connectivity index is 1.48. The van der Waals surface area contributed by atoms with Gasteiger partial charge in [0.1, 0.15) is 5.75 Å².